The third-order valence-corrected chi connectivity index (χ3v) is 0.427. The molecule has 0 aromatic carbocycles. The zero-order valence-electron chi connectivity index (χ0n) is 3.70. The van der Waals surface area contributed by atoms with Crippen molar-refractivity contribution >= 4 is 5.91 Å². The maximum Gasteiger partial charge on any atom is 0.296 e. The van der Waals surface area contributed by atoms with E-state index in [1.807, 2.05) is 0 Å². The molecule has 5 heteroatoms. The van der Waals surface area contributed by atoms with Gasteiger partial charge < -0.3 is 5.73 Å². The second kappa shape index (κ2) is 2.54. The second-order valence-corrected chi connectivity index (χ2v) is 1.01. The number of halogens is 3. The number of nitrogens with two attached hydrogens (primary N) is 1. The van der Waals surface area contributed by atoms with Crippen molar-refractivity contribution in [2.45, 2.75) is 6.43 Å². The Morgan fingerprint density at radius 3 is 1.88 bits per heavy atom. The lowest BCUT2D eigenvalue weighted by Crippen LogP contribution is -2.22. The summed E-state index contributed by atoms with van der Waals surface area (Å²) < 4.78 is 33.3. The Hall–Kier alpha value is -0.740. The zero-order chi connectivity index (χ0) is 6.73. The summed E-state index contributed by atoms with van der Waals surface area (Å²) >= 11 is 0. The van der Waals surface area contributed by atoms with Crippen molar-refractivity contribution in [3.63, 3.8) is 0 Å². The molecule has 0 aliphatic heterocycles. The summed E-state index contributed by atoms with van der Waals surface area (Å²) in [5.41, 5.74) is 4.11. The maximum absolute atomic E-state index is 11.3. The van der Waals surface area contributed by atoms with Crippen LogP contribution in [0.25, 0.3) is 0 Å². The molecular formula is C3H3F3NO. The van der Waals surface area contributed by atoms with Crippen LogP contribution in [0.3, 0.4) is 0 Å². The van der Waals surface area contributed by atoms with Gasteiger partial charge in [-0.15, -0.1) is 0 Å². The molecule has 0 saturated heterocycles. The molecule has 0 aromatic rings. The van der Waals surface area contributed by atoms with Gasteiger partial charge in [0.25, 0.3) is 18.5 Å². The van der Waals surface area contributed by atoms with E-state index >= 15 is 0 Å². The highest BCUT2D eigenvalue weighted by Gasteiger charge is 2.26. The van der Waals surface area contributed by atoms with Crippen LogP contribution in [0.5, 0.6) is 0 Å². The average molecular weight is 126 g/mol. The van der Waals surface area contributed by atoms with E-state index < -0.39 is 18.5 Å². The van der Waals surface area contributed by atoms with Gasteiger partial charge in [-0.3, -0.25) is 4.79 Å². The van der Waals surface area contributed by atoms with Crippen LogP contribution in [0.15, 0.2) is 0 Å². The van der Waals surface area contributed by atoms with E-state index in [-0.39, 0.29) is 0 Å². The summed E-state index contributed by atoms with van der Waals surface area (Å²) in [5.74, 6) is -1.71. The lowest BCUT2D eigenvalue weighted by molar-refractivity contribution is -0.121. The Labute approximate surface area is 43.5 Å². The van der Waals surface area contributed by atoms with Crippen molar-refractivity contribution in [2.75, 3.05) is 0 Å². The molecule has 0 fully saturated rings. The molecule has 47 valence electrons. The van der Waals surface area contributed by atoms with Crippen LogP contribution in [-0.2, 0) is 4.79 Å². The molecular weight excluding hydrogens is 123 g/mol. The van der Waals surface area contributed by atoms with Crippen LogP contribution < -0.4 is 5.73 Å². The standard InChI is InChI=1S/C3H3F3NO/c4-1(2(5)6)3(7)8/h2H,(H2,7,8). The van der Waals surface area contributed by atoms with Crippen molar-refractivity contribution in [2.24, 2.45) is 5.73 Å². The molecule has 0 aromatic heterocycles. The maximum atomic E-state index is 11.3. The summed E-state index contributed by atoms with van der Waals surface area (Å²) in [5, 5.41) is 0. The van der Waals surface area contributed by atoms with E-state index in [9.17, 15) is 18.0 Å². The van der Waals surface area contributed by atoms with E-state index in [0.29, 0.717) is 0 Å². The molecule has 0 saturated carbocycles. The van der Waals surface area contributed by atoms with E-state index in [4.69, 9.17) is 0 Å². The molecule has 2 N–H and O–H groups in total. The van der Waals surface area contributed by atoms with Crippen LogP contribution in [0.4, 0.5) is 13.2 Å². The summed E-state index contributed by atoms with van der Waals surface area (Å²) in [7, 11) is 0. The number of carbonyl (C=O) groups excluding carboxylic acids is 1. The summed E-state index contributed by atoms with van der Waals surface area (Å²) in [6.07, 6.45) is -5.47. The third kappa shape index (κ3) is 1.81. The fraction of sp³-hybridized carbons (Fsp3) is 0.333. The van der Waals surface area contributed by atoms with Crippen LogP contribution in [0, 0.1) is 6.17 Å². The largest absolute Gasteiger partial charge is 0.367 e. The molecule has 0 rings (SSSR count). The number of amides is 1. The minimum absolute atomic E-state index is 1.71. The van der Waals surface area contributed by atoms with Gasteiger partial charge in [0.05, 0.1) is 0 Å². The molecule has 0 aliphatic carbocycles. The molecule has 1 radical (unpaired) electrons. The summed E-state index contributed by atoms with van der Waals surface area (Å²) in [6, 6.07) is 0. The number of carbonyl (C=O) groups is 1. The van der Waals surface area contributed by atoms with Crippen molar-refractivity contribution in [1.82, 2.24) is 0 Å². The summed E-state index contributed by atoms with van der Waals surface area (Å²) in [6.45, 7) is 0. The Morgan fingerprint density at radius 1 is 1.50 bits per heavy atom. The number of hydrogen-bond acceptors (Lipinski definition) is 1. The fourth-order valence-corrected chi connectivity index (χ4v) is 0.108. The van der Waals surface area contributed by atoms with Gasteiger partial charge in [-0.25, -0.2) is 13.2 Å². The minimum Gasteiger partial charge on any atom is -0.367 e. The van der Waals surface area contributed by atoms with Crippen LogP contribution in [0.2, 0.25) is 0 Å². The molecule has 0 aliphatic rings. The van der Waals surface area contributed by atoms with E-state index in [2.05, 4.69) is 5.73 Å². The molecule has 0 atom stereocenters. The Kier molecular flexibility index (Phi) is 2.30. The predicted molar refractivity (Wildman–Crippen MR) is 19.5 cm³/mol. The molecule has 0 bridgehead atoms. The molecule has 8 heavy (non-hydrogen) atoms. The molecule has 0 spiro atoms. The van der Waals surface area contributed by atoms with E-state index in [1.54, 1.807) is 0 Å². The highest BCUT2D eigenvalue weighted by atomic mass is 19.3. The van der Waals surface area contributed by atoms with Crippen molar-refractivity contribution in [3.05, 3.63) is 6.17 Å². The third-order valence-electron chi connectivity index (χ3n) is 0.427. The van der Waals surface area contributed by atoms with Gasteiger partial charge in [-0.05, 0) is 0 Å². The topological polar surface area (TPSA) is 43.1 Å². The first-order chi connectivity index (χ1) is 3.55. The Morgan fingerprint density at radius 2 is 1.88 bits per heavy atom. The normalized spacial score (nSPS) is 10.6. The minimum atomic E-state index is -3.38. The first kappa shape index (κ1) is 7.26. The Bertz CT molecular complexity index is 94.5. The van der Waals surface area contributed by atoms with Gasteiger partial charge >= 0.3 is 0 Å². The zero-order valence-corrected chi connectivity index (χ0v) is 3.70. The van der Waals surface area contributed by atoms with Crippen LogP contribution >= 0.6 is 0 Å². The number of hydrogen-bond donors (Lipinski definition) is 1. The highest BCUT2D eigenvalue weighted by Crippen LogP contribution is 2.11. The number of rotatable bonds is 2. The van der Waals surface area contributed by atoms with E-state index in [0.717, 1.165) is 0 Å². The van der Waals surface area contributed by atoms with Gasteiger partial charge in [-0.1, -0.05) is 0 Å². The lowest BCUT2D eigenvalue weighted by atomic mass is 10.4. The monoisotopic (exact) mass is 126 g/mol. The van der Waals surface area contributed by atoms with Crippen molar-refractivity contribution in [1.29, 1.82) is 0 Å². The number of alkyl halides is 2. The summed E-state index contributed by atoms with van der Waals surface area (Å²) in [4.78, 5) is 9.47. The van der Waals surface area contributed by atoms with Gasteiger partial charge in [0.2, 0.25) is 0 Å². The number of primary amides is 1. The first-order valence-corrected chi connectivity index (χ1v) is 1.66. The van der Waals surface area contributed by atoms with Gasteiger partial charge in [0, 0.05) is 0 Å². The van der Waals surface area contributed by atoms with Gasteiger partial charge in [0.1, 0.15) is 0 Å². The SMILES string of the molecule is NC(=O)[C](F)C(F)F. The molecule has 0 heterocycles. The van der Waals surface area contributed by atoms with Crippen LogP contribution in [0.1, 0.15) is 0 Å². The molecule has 2 nitrogen and oxygen atoms in total. The van der Waals surface area contributed by atoms with Gasteiger partial charge in [0.15, 0.2) is 0 Å². The smallest absolute Gasteiger partial charge is 0.296 e. The van der Waals surface area contributed by atoms with Crippen LogP contribution in [-0.4, -0.2) is 12.3 Å². The molecule has 0 unspecified atom stereocenters. The van der Waals surface area contributed by atoms with Crippen molar-refractivity contribution < 1.29 is 18.0 Å². The Balaban J connectivity index is 3.64. The first-order valence-electron chi connectivity index (χ1n) is 1.66. The predicted octanol–water partition coefficient (Wildman–Crippen LogP) is 0.238. The van der Waals surface area contributed by atoms with Crippen molar-refractivity contribution in [3.8, 4) is 0 Å². The second-order valence-electron chi connectivity index (χ2n) is 1.01. The fourth-order valence-electron chi connectivity index (χ4n) is 0.108. The van der Waals surface area contributed by atoms with Gasteiger partial charge in [-0.2, -0.15) is 0 Å². The van der Waals surface area contributed by atoms with E-state index in [1.165, 1.54) is 0 Å². The highest BCUT2D eigenvalue weighted by molar-refractivity contribution is 5.86. The average Bonchev–Trinajstić information content (AvgIpc) is 1.64. The quantitative estimate of drug-likeness (QED) is 0.565. The lowest BCUT2D eigenvalue weighted by Gasteiger charge is -1.96. The molecule has 1 amide bonds.